The fraction of sp³-hybridized carbons (Fsp3) is 0.200. The highest BCUT2D eigenvalue weighted by Gasteiger charge is 2.09. The average Bonchev–Trinajstić information content (AvgIpc) is 2.75. The maximum atomic E-state index is 12.3. The van der Waals surface area contributed by atoms with Crippen LogP contribution in [0.3, 0.4) is 0 Å². The number of nitrogens with one attached hydrogen (secondary N) is 3. The maximum Gasteiger partial charge on any atom is 0.255 e. The Morgan fingerprint density at radius 2 is 1.50 bits per heavy atom. The van der Waals surface area contributed by atoms with Gasteiger partial charge < -0.3 is 16.0 Å². The molecular weight excluding hydrogens is 374 g/mol. The zero-order valence-electron chi connectivity index (χ0n) is 17.5. The highest BCUT2D eigenvalue weighted by Crippen LogP contribution is 2.21. The van der Waals surface area contributed by atoms with Crippen LogP contribution in [0.4, 0.5) is 17.1 Å². The van der Waals surface area contributed by atoms with Crippen molar-refractivity contribution >= 4 is 28.9 Å². The molecule has 0 saturated heterocycles. The fourth-order valence-corrected chi connectivity index (χ4v) is 3.02. The summed E-state index contributed by atoms with van der Waals surface area (Å²) < 4.78 is 0. The van der Waals surface area contributed by atoms with Crippen molar-refractivity contribution in [3.63, 3.8) is 0 Å². The van der Waals surface area contributed by atoms with E-state index in [4.69, 9.17) is 0 Å². The first-order valence-corrected chi connectivity index (χ1v) is 10.0. The Balaban J connectivity index is 1.58. The number of aryl methyl sites for hydroxylation is 1. The molecule has 3 aromatic rings. The van der Waals surface area contributed by atoms with Gasteiger partial charge in [0, 0.05) is 22.6 Å². The van der Waals surface area contributed by atoms with Crippen LogP contribution in [0.15, 0.2) is 72.8 Å². The quantitative estimate of drug-likeness (QED) is 0.495. The summed E-state index contributed by atoms with van der Waals surface area (Å²) in [5.41, 5.74) is 5.05. The van der Waals surface area contributed by atoms with Crippen molar-refractivity contribution in [3.05, 3.63) is 89.5 Å². The fourth-order valence-electron chi connectivity index (χ4n) is 3.02. The first kappa shape index (κ1) is 21.1. The lowest BCUT2D eigenvalue weighted by Crippen LogP contribution is -2.22. The van der Waals surface area contributed by atoms with Crippen LogP contribution in [0.1, 0.15) is 41.3 Å². The molecule has 0 radical (unpaired) electrons. The Morgan fingerprint density at radius 3 is 2.17 bits per heavy atom. The molecule has 2 amide bonds. The summed E-state index contributed by atoms with van der Waals surface area (Å²) in [5, 5.41) is 8.94. The predicted molar refractivity (Wildman–Crippen MR) is 123 cm³/mol. The van der Waals surface area contributed by atoms with Gasteiger partial charge in [-0.25, -0.2) is 0 Å². The van der Waals surface area contributed by atoms with E-state index in [1.807, 2.05) is 67.6 Å². The van der Waals surface area contributed by atoms with Crippen LogP contribution in [-0.2, 0) is 4.79 Å². The normalized spacial score (nSPS) is 10.5. The maximum absolute atomic E-state index is 12.3. The number of benzene rings is 3. The van der Waals surface area contributed by atoms with Gasteiger partial charge >= 0.3 is 0 Å². The van der Waals surface area contributed by atoms with Gasteiger partial charge in [0.2, 0.25) is 5.91 Å². The van der Waals surface area contributed by atoms with Gasteiger partial charge in [-0.15, -0.1) is 0 Å². The SMILES string of the molecule is Cc1ccc(NC(=O)c2ccccc2)cc1NCC(=O)Nc1ccc(C(C)C)cc1. The number of hydrogen-bond acceptors (Lipinski definition) is 3. The summed E-state index contributed by atoms with van der Waals surface area (Å²) in [7, 11) is 0. The summed E-state index contributed by atoms with van der Waals surface area (Å²) in [5.74, 6) is 0.146. The van der Waals surface area contributed by atoms with Crippen molar-refractivity contribution in [2.45, 2.75) is 26.7 Å². The van der Waals surface area contributed by atoms with Crippen molar-refractivity contribution in [2.75, 3.05) is 22.5 Å². The molecule has 3 aromatic carbocycles. The number of rotatable bonds is 7. The van der Waals surface area contributed by atoms with Gasteiger partial charge in [-0.2, -0.15) is 0 Å². The lowest BCUT2D eigenvalue weighted by atomic mass is 10.0. The van der Waals surface area contributed by atoms with Crippen LogP contribution in [0.25, 0.3) is 0 Å². The molecule has 0 aliphatic heterocycles. The number of hydrogen-bond donors (Lipinski definition) is 3. The van der Waals surface area contributed by atoms with Crippen molar-refractivity contribution in [1.82, 2.24) is 0 Å². The Bertz CT molecular complexity index is 1010. The van der Waals surface area contributed by atoms with E-state index in [0.29, 0.717) is 17.2 Å². The standard InChI is InChI=1S/C25H27N3O2/c1-17(2)19-10-13-21(14-11-19)27-24(29)16-26-23-15-22(12-9-18(23)3)28-25(30)20-7-5-4-6-8-20/h4-15,17,26H,16H2,1-3H3,(H,27,29)(H,28,30). The molecule has 30 heavy (non-hydrogen) atoms. The summed E-state index contributed by atoms with van der Waals surface area (Å²) in [6.07, 6.45) is 0. The lowest BCUT2D eigenvalue weighted by Gasteiger charge is -2.13. The van der Waals surface area contributed by atoms with Gasteiger partial charge in [0.1, 0.15) is 0 Å². The van der Waals surface area contributed by atoms with E-state index >= 15 is 0 Å². The molecule has 0 atom stereocenters. The first-order valence-electron chi connectivity index (χ1n) is 10.0. The molecule has 3 N–H and O–H groups in total. The molecule has 154 valence electrons. The molecule has 0 aliphatic carbocycles. The van der Waals surface area contributed by atoms with Crippen LogP contribution >= 0.6 is 0 Å². The lowest BCUT2D eigenvalue weighted by molar-refractivity contribution is -0.114. The molecule has 0 saturated carbocycles. The third-order valence-electron chi connectivity index (χ3n) is 4.83. The predicted octanol–water partition coefficient (Wildman–Crippen LogP) is 5.42. The second-order valence-corrected chi connectivity index (χ2v) is 7.53. The monoisotopic (exact) mass is 401 g/mol. The van der Waals surface area contributed by atoms with Crippen LogP contribution < -0.4 is 16.0 Å². The topological polar surface area (TPSA) is 70.2 Å². The van der Waals surface area contributed by atoms with Gasteiger partial charge in [0.15, 0.2) is 0 Å². The van der Waals surface area contributed by atoms with Gasteiger partial charge in [0.25, 0.3) is 5.91 Å². The summed E-state index contributed by atoms with van der Waals surface area (Å²) in [6, 6.07) is 22.5. The molecule has 0 aliphatic rings. The molecule has 0 fully saturated rings. The van der Waals surface area contributed by atoms with E-state index in [-0.39, 0.29) is 18.4 Å². The molecule has 0 heterocycles. The molecular formula is C25H27N3O2. The first-order chi connectivity index (χ1) is 14.4. The molecule has 0 aromatic heterocycles. The minimum absolute atomic E-state index is 0.128. The Kier molecular flexibility index (Phi) is 6.86. The number of amides is 2. The Hall–Kier alpha value is -3.60. The number of carbonyl (C=O) groups is 2. The van der Waals surface area contributed by atoms with E-state index < -0.39 is 0 Å². The molecule has 5 heteroatoms. The van der Waals surface area contributed by atoms with Crippen LogP contribution in [0.5, 0.6) is 0 Å². The highest BCUT2D eigenvalue weighted by atomic mass is 16.2. The largest absolute Gasteiger partial charge is 0.376 e. The van der Waals surface area contributed by atoms with E-state index in [0.717, 1.165) is 16.9 Å². The molecule has 0 unspecified atom stereocenters. The van der Waals surface area contributed by atoms with Gasteiger partial charge in [-0.1, -0.05) is 50.2 Å². The molecule has 0 spiro atoms. The zero-order valence-corrected chi connectivity index (χ0v) is 17.5. The van der Waals surface area contributed by atoms with E-state index in [1.165, 1.54) is 5.56 Å². The number of anilines is 3. The van der Waals surface area contributed by atoms with E-state index in [9.17, 15) is 9.59 Å². The summed E-state index contributed by atoms with van der Waals surface area (Å²) in [4.78, 5) is 24.7. The third-order valence-corrected chi connectivity index (χ3v) is 4.83. The van der Waals surface area contributed by atoms with Crippen LogP contribution in [0, 0.1) is 6.92 Å². The van der Waals surface area contributed by atoms with E-state index in [1.54, 1.807) is 12.1 Å². The molecule has 5 nitrogen and oxygen atoms in total. The Morgan fingerprint density at radius 1 is 0.833 bits per heavy atom. The number of carbonyl (C=O) groups excluding carboxylic acids is 2. The molecule has 3 rings (SSSR count). The average molecular weight is 402 g/mol. The van der Waals surface area contributed by atoms with Crippen molar-refractivity contribution in [2.24, 2.45) is 0 Å². The minimum Gasteiger partial charge on any atom is -0.376 e. The zero-order chi connectivity index (χ0) is 21.5. The van der Waals surface area contributed by atoms with Gasteiger partial charge in [-0.05, 0) is 60.4 Å². The highest BCUT2D eigenvalue weighted by molar-refractivity contribution is 6.04. The summed E-state index contributed by atoms with van der Waals surface area (Å²) >= 11 is 0. The van der Waals surface area contributed by atoms with Crippen LogP contribution in [-0.4, -0.2) is 18.4 Å². The van der Waals surface area contributed by atoms with Crippen LogP contribution in [0.2, 0.25) is 0 Å². The van der Waals surface area contributed by atoms with Crippen molar-refractivity contribution in [3.8, 4) is 0 Å². The van der Waals surface area contributed by atoms with Gasteiger partial charge in [-0.3, -0.25) is 9.59 Å². The van der Waals surface area contributed by atoms with Crippen molar-refractivity contribution < 1.29 is 9.59 Å². The van der Waals surface area contributed by atoms with E-state index in [2.05, 4.69) is 29.8 Å². The second kappa shape index (κ2) is 9.74. The second-order valence-electron chi connectivity index (χ2n) is 7.53. The van der Waals surface area contributed by atoms with Crippen molar-refractivity contribution in [1.29, 1.82) is 0 Å². The van der Waals surface area contributed by atoms with Gasteiger partial charge in [0.05, 0.1) is 6.54 Å². The molecule has 0 bridgehead atoms. The summed E-state index contributed by atoms with van der Waals surface area (Å²) in [6.45, 7) is 6.35. The third kappa shape index (κ3) is 5.70. The Labute approximate surface area is 177 Å². The minimum atomic E-state index is -0.173. The smallest absolute Gasteiger partial charge is 0.255 e.